The smallest absolute Gasteiger partial charge is 0.229 e. The molecule has 0 amide bonds. The molecule has 25 heavy (non-hydrogen) atoms. The SMILES string of the molecule is CS(=O)(=O)NC[C@H]1O[C@@H](Cc2nc(-c3ccncc3)no2)[C@H](O)[C@@H]1O. The molecule has 1 aliphatic rings. The highest BCUT2D eigenvalue weighted by molar-refractivity contribution is 7.88. The summed E-state index contributed by atoms with van der Waals surface area (Å²) in [6, 6.07) is 3.46. The predicted octanol–water partition coefficient (Wildman–Crippen LogP) is -1.29. The van der Waals surface area contributed by atoms with Crippen molar-refractivity contribution in [3.05, 3.63) is 30.4 Å². The fourth-order valence-electron chi connectivity index (χ4n) is 2.52. The lowest BCUT2D eigenvalue weighted by atomic mass is 10.1. The maximum Gasteiger partial charge on any atom is 0.229 e. The molecule has 0 spiro atoms. The molecule has 1 aliphatic heterocycles. The van der Waals surface area contributed by atoms with E-state index in [2.05, 4.69) is 19.8 Å². The molecule has 2 aromatic heterocycles. The van der Waals surface area contributed by atoms with Crippen LogP contribution in [0, 0.1) is 0 Å². The zero-order valence-corrected chi connectivity index (χ0v) is 14.1. The van der Waals surface area contributed by atoms with Gasteiger partial charge in [-0.25, -0.2) is 13.1 Å². The summed E-state index contributed by atoms with van der Waals surface area (Å²) in [5.74, 6) is 0.612. The highest BCUT2D eigenvalue weighted by Crippen LogP contribution is 2.24. The Balaban J connectivity index is 1.64. The average molecular weight is 370 g/mol. The third-order valence-corrected chi connectivity index (χ3v) is 4.48. The van der Waals surface area contributed by atoms with Gasteiger partial charge in [0.05, 0.1) is 18.8 Å². The van der Waals surface area contributed by atoms with Crippen LogP contribution in [0.4, 0.5) is 0 Å². The number of rotatable bonds is 6. The van der Waals surface area contributed by atoms with Gasteiger partial charge in [0.15, 0.2) is 0 Å². The number of aliphatic hydroxyl groups excluding tert-OH is 2. The number of ether oxygens (including phenoxy) is 1. The fraction of sp³-hybridized carbons (Fsp3) is 0.500. The van der Waals surface area contributed by atoms with Crippen molar-refractivity contribution < 1.29 is 27.9 Å². The van der Waals surface area contributed by atoms with Crippen molar-refractivity contribution in [1.29, 1.82) is 0 Å². The third kappa shape index (κ3) is 4.38. The van der Waals surface area contributed by atoms with Gasteiger partial charge in [0.25, 0.3) is 0 Å². The Labute approximate surface area is 143 Å². The molecule has 3 N–H and O–H groups in total. The minimum absolute atomic E-state index is 0.0890. The molecule has 11 heteroatoms. The lowest BCUT2D eigenvalue weighted by molar-refractivity contribution is 0.00790. The Kier molecular flexibility index (Phi) is 5.11. The van der Waals surface area contributed by atoms with Crippen LogP contribution in [0.25, 0.3) is 11.4 Å². The first kappa shape index (κ1) is 17.9. The average Bonchev–Trinajstić information content (AvgIpc) is 3.14. The number of aliphatic hydroxyl groups is 2. The molecule has 1 fully saturated rings. The molecule has 0 saturated carbocycles. The van der Waals surface area contributed by atoms with E-state index in [0.29, 0.717) is 5.82 Å². The van der Waals surface area contributed by atoms with Crippen LogP contribution >= 0.6 is 0 Å². The monoisotopic (exact) mass is 370 g/mol. The maximum absolute atomic E-state index is 11.1. The van der Waals surface area contributed by atoms with Crippen molar-refractivity contribution in [2.45, 2.75) is 30.8 Å². The zero-order valence-electron chi connectivity index (χ0n) is 13.3. The second-order valence-corrected chi connectivity index (χ2v) is 7.60. The summed E-state index contributed by atoms with van der Waals surface area (Å²) in [5, 5.41) is 23.9. The summed E-state index contributed by atoms with van der Waals surface area (Å²) in [5.41, 5.74) is 0.730. The van der Waals surface area contributed by atoms with E-state index in [9.17, 15) is 18.6 Å². The van der Waals surface area contributed by atoms with Crippen molar-refractivity contribution in [2.75, 3.05) is 12.8 Å². The number of nitrogens with one attached hydrogen (secondary N) is 1. The number of hydrogen-bond acceptors (Lipinski definition) is 9. The zero-order chi connectivity index (χ0) is 18.0. The summed E-state index contributed by atoms with van der Waals surface area (Å²) in [7, 11) is -3.42. The highest BCUT2D eigenvalue weighted by atomic mass is 32.2. The van der Waals surface area contributed by atoms with E-state index >= 15 is 0 Å². The van der Waals surface area contributed by atoms with Gasteiger partial charge in [0.2, 0.25) is 21.7 Å². The molecule has 0 radical (unpaired) electrons. The van der Waals surface area contributed by atoms with Crippen molar-refractivity contribution in [3.8, 4) is 11.4 Å². The van der Waals surface area contributed by atoms with Gasteiger partial charge in [-0.15, -0.1) is 0 Å². The van der Waals surface area contributed by atoms with E-state index < -0.39 is 34.4 Å². The van der Waals surface area contributed by atoms with Gasteiger partial charge in [0, 0.05) is 24.5 Å². The molecule has 3 rings (SSSR count). The number of aromatic nitrogens is 3. The first-order valence-corrected chi connectivity index (χ1v) is 9.42. The largest absolute Gasteiger partial charge is 0.388 e. The van der Waals surface area contributed by atoms with Crippen LogP contribution in [-0.2, 0) is 21.2 Å². The molecule has 0 unspecified atom stereocenters. The molecule has 1 saturated heterocycles. The summed E-state index contributed by atoms with van der Waals surface area (Å²) in [6.45, 7) is -0.139. The summed E-state index contributed by atoms with van der Waals surface area (Å²) >= 11 is 0. The standard InChI is InChI=1S/C14H18N4O6S/c1-25(21,22)16-7-10-13(20)12(19)9(23-10)6-11-17-14(18-24-11)8-2-4-15-5-3-8/h2-5,9-10,12-13,16,19-20H,6-7H2,1H3/t9-,10+,12-,13+/m0/s1. The second kappa shape index (κ2) is 7.14. The van der Waals surface area contributed by atoms with E-state index in [1.165, 1.54) is 0 Å². The molecule has 4 atom stereocenters. The lowest BCUT2D eigenvalue weighted by Crippen LogP contribution is -2.39. The van der Waals surface area contributed by atoms with Crippen molar-refractivity contribution in [3.63, 3.8) is 0 Å². The van der Waals surface area contributed by atoms with Gasteiger partial charge >= 0.3 is 0 Å². The first-order valence-electron chi connectivity index (χ1n) is 7.53. The van der Waals surface area contributed by atoms with E-state index in [1.54, 1.807) is 24.5 Å². The summed E-state index contributed by atoms with van der Waals surface area (Å²) in [6.07, 6.45) is 0.233. The first-order chi connectivity index (χ1) is 11.8. The lowest BCUT2D eigenvalue weighted by Gasteiger charge is -2.14. The van der Waals surface area contributed by atoms with Crippen LogP contribution in [0.2, 0.25) is 0 Å². The van der Waals surface area contributed by atoms with Crippen molar-refractivity contribution >= 4 is 10.0 Å². The third-order valence-electron chi connectivity index (χ3n) is 3.79. The topological polar surface area (TPSA) is 148 Å². The predicted molar refractivity (Wildman–Crippen MR) is 84.8 cm³/mol. The van der Waals surface area contributed by atoms with Crippen LogP contribution in [0.1, 0.15) is 5.89 Å². The van der Waals surface area contributed by atoms with Gasteiger partial charge < -0.3 is 19.5 Å². The van der Waals surface area contributed by atoms with Gasteiger partial charge in [-0.1, -0.05) is 5.16 Å². The van der Waals surface area contributed by atoms with E-state index in [1.807, 2.05) is 0 Å². The van der Waals surface area contributed by atoms with Gasteiger partial charge in [-0.05, 0) is 12.1 Å². The fourth-order valence-corrected chi connectivity index (χ4v) is 2.99. The maximum atomic E-state index is 11.1. The van der Waals surface area contributed by atoms with Crippen LogP contribution < -0.4 is 4.72 Å². The van der Waals surface area contributed by atoms with E-state index in [-0.39, 0.29) is 18.9 Å². The second-order valence-electron chi connectivity index (χ2n) is 5.77. The number of nitrogens with zero attached hydrogens (tertiary/aromatic N) is 3. The molecule has 2 aromatic rings. The van der Waals surface area contributed by atoms with Crippen LogP contribution in [-0.4, -0.2) is 71.0 Å². The van der Waals surface area contributed by atoms with Crippen LogP contribution in [0.15, 0.2) is 29.0 Å². The van der Waals surface area contributed by atoms with Crippen molar-refractivity contribution in [2.24, 2.45) is 0 Å². The molecule has 136 valence electrons. The number of pyridine rings is 1. The number of hydrogen-bond donors (Lipinski definition) is 3. The highest BCUT2D eigenvalue weighted by Gasteiger charge is 2.43. The molecule has 10 nitrogen and oxygen atoms in total. The van der Waals surface area contributed by atoms with Crippen molar-refractivity contribution in [1.82, 2.24) is 19.8 Å². The Morgan fingerprint density at radius 3 is 2.56 bits per heavy atom. The Bertz CT molecular complexity index is 812. The Morgan fingerprint density at radius 2 is 1.88 bits per heavy atom. The van der Waals surface area contributed by atoms with Crippen LogP contribution in [0.3, 0.4) is 0 Å². The van der Waals surface area contributed by atoms with Crippen LogP contribution in [0.5, 0.6) is 0 Å². The van der Waals surface area contributed by atoms with Gasteiger partial charge in [-0.3, -0.25) is 4.98 Å². The quantitative estimate of drug-likeness (QED) is 0.565. The molecular weight excluding hydrogens is 352 g/mol. The van der Waals surface area contributed by atoms with E-state index in [0.717, 1.165) is 11.8 Å². The minimum atomic E-state index is -3.42. The molecule has 3 heterocycles. The summed E-state index contributed by atoms with van der Waals surface area (Å²) < 4.78 is 35.2. The van der Waals surface area contributed by atoms with Gasteiger partial charge in [-0.2, -0.15) is 4.98 Å². The Hall–Kier alpha value is -1.92. The molecular formula is C14H18N4O6S. The van der Waals surface area contributed by atoms with Gasteiger partial charge in [0.1, 0.15) is 18.3 Å². The van der Waals surface area contributed by atoms with E-state index in [4.69, 9.17) is 9.26 Å². The molecule has 0 bridgehead atoms. The normalized spacial score (nSPS) is 26.8. The Morgan fingerprint density at radius 1 is 1.20 bits per heavy atom. The summed E-state index contributed by atoms with van der Waals surface area (Å²) in [4.78, 5) is 8.13. The molecule has 0 aliphatic carbocycles. The molecule has 0 aromatic carbocycles. The minimum Gasteiger partial charge on any atom is -0.388 e. The number of sulfonamides is 1.